The lowest BCUT2D eigenvalue weighted by atomic mass is 9.64. The number of ketones is 4. The van der Waals surface area contributed by atoms with E-state index in [2.05, 4.69) is 152 Å². The van der Waals surface area contributed by atoms with Gasteiger partial charge in [-0.3, -0.25) is 74.3 Å². The number of nitrogens with one attached hydrogen (secondary N) is 4. The Morgan fingerprint density at radius 3 is 1.20 bits per heavy atom. The zero-order valence-electron chi connectivity index (χ0n) is 88.4. The summed E-state index contributed by atoms with van der Waals surface area (Å²) in [6.45, 7) is 40.4. The molecule has 3 aromatic heterocycles. The number of fused-ring (bicyclic) bond motifs is 12. The molecule has 149 heavy (non-hydrogen) atoms. The van der Waals surface area contributed by atoms with Gasteiger partial charge in [-0.15, -0.1) is 0 Å². The van der Waals surface area contributed by atoms with E-state index in [9.17, 15) is 59.8 Å². The molecule has 0 radical (unpaired) electrons. The molecule has 2 fully saturated rings. The molecule has 11 heterocycles. The molecule has 9 aromatic rings. The van der Waals surface area contributed by atoms with Gasteiger partial charge in [-0.25, -0.2) is 0 Å². The molecule has 0 unspecified atom stereocenters. The van der Waals surface area contributed by atoms with Crippen molar-refractivity contribution in [2.45, 2.75) is 278 Å². The van der Waals surface area contributed by atoms with Crippen LogP contribution in [0.2, 0.25) is 0 Å². The smallest absolute Gasteiger partial charge is 0.269 e. The summed E-state index contributed by atoms with van der Waals surface area (Å²) in [4.78, 5) is 109. The average Bonchev–Trinajstić information content (AvgIpc) is 1.56. The predicted octanol–water partition coefficient (Wildman–Crippen LogP) is 28.7. The van der Waals surface area contributed by atoms with Crippen LogP contribution in [0.4, 0.5) is 56.9 Å². The molecule has 25 nitrogen and oxygen atoms in total. The Balaban J connectivity index is 0.000000120. The maximum atomic E-state index is 13.9. The Bertz CT molecular complexity index is 8070. The van der Waals surface area contributed by atoms with Crippen molar-refractivity contribution in [3.63, 3.8) is 0 Å². The highest BCUT2D eigenvalue weighted by Gasteiger charge is 2.55. The second-order valence-electron chi connectivity index (χ2n) is 44.5. The zero-order chi connectivity index (χ0) is 106. The Labute approximate surface area is 868 Å². The highest BCUT2D eigenvalue weighted by molar-refractivity contribution is 6.31. The van der Waals surface area contributed by atoms with E-state index in [1.165, 1.54) is 65.8 Å². The number of hydrogen-bond donors (Lipinski definition) is 8. The molecular formula is C124H127N13O12. The number of nitro benzene ring substituents is 2. The minimum absolute atomic E-state index is 0.0150. The van der Waals surface area contributed by atoms with Gasteiger partial charge in [0, 0.05) is 167 Å². The second-order valence-corrected chi connectivity index (χ2v) is 44.5. The van der Waals surface area contributed by atoms with Crippen LogP contribution in [0, 0.1) is 20.2 Å². The van der Waals surface area contributed by atoms with Crippen molar-refractivity contribution in [3.8, 4) is 0 Å². The van der Waals surface area contributed by atoms with Gasteiger partial charge in [0.05, 0.1) is 100 Å². The maximum Gasteiger partial charge on any atom is 0.269 e. The van der Waals surface area contributed by atoms with Crippen LogP contribution < -0.4 is 21.3 Å². The number of allylic oxidation sites excluding steroid dienone is 20. The van der Waals surface area contributed by atoms with Gasteiger partial charge in [0.2, 0.25) is 23.1 Å². The summed E-state index contributed by atoms with van der Waals surface area (Å²) >= 11 is 0. The van der Waals surface area contributed by atoms with E-state index >= 15 is 0 Å². The van der Waals surface area contributed by atoms with E-state index in [4.69, 9.17) is 20.0 Å². The van der Waals surface area contributed by atoms with Crippen molar-refractivity contribution < 1.29 is 49.5 Å². The molecule has 0 saturated heterocycles. The maximum absolute atomic E-state index is 13.9. The number of aromatic nitrogens is 3. The third-order valence-electron chi connectivity index (χ3n) is 34.2. The molecule has 760 valence electrons. The molecular weight excluding hydrogens is 1860 g/mol. The SMILES string of the molecule is CC(C1=Nc2ccccc2C12CCCCC2)=C1C(=O)C(/C(C)=C2/Nc3ccccc3C23CCCCC3)=C1O.CC/C(C1=C(O)C(=C(C)C2=Nc3ccc4ccccc4c3C2(C)C)C1=O)=C1\Nc2ccncc2C1(C)C.CCC(C1=Nc2ccc([N+](=O)[O-])cc2C1(C)C)=C1C(=O)C(C(CC)=C2Nc3ccc([N+](=O)[O-])cc3C2(C)C)=C1O.CCC(C1=Nc2ccncc2C1(C)C)=C1C(=O)C(/C(CC)=C2/Nc3ccncc3C2(C)C)=C1O. The van der Waals surface area contributed by atoms with Crippen LogP contribution in [-0.2, 0) is 62.5 Å². The van der Waals surface area contributed by atoms with Gasteiger partial charge in [0.15, 0.2) is 0 Å². The van der Waals surface area contributed by atoms with Gasteiger partial charge in [-0.1, -0.05) is 223 Å². The summed E-state index contributed by atoms with van der Waals surface area (Å²) in [5.41, 5.74) is 28.7. The Morgan fingerprint density at radius 1 is 0.329 bits per heavy atom. The van der Waals surface area contributed by atoms with Crippen molar-refractivity contribution >= 4 is 114 Å². The molecule has 0 amide bonds. The number of hydrogen-bond acceptors (Lipinski definition) is 23. The number of nitro groups is 2. The van der Waals surface area contributed by atoms with Gasteiger partial charge in [0.1, 0.15) is 23.0 Å². The molecule has 0 bridgehead atoms. The largest absolute Gasteiger partial charge is 0.506 e. The number of aliphatic imine (C=N–C) groups is 4. The zero-order valence-corrected chi connectivity index (χ0v) is 88.4. The molecule has 8 aliphatic heterocycles. The van der Waals surface area contributed by atoms with Crippen molar-refractivity contribution in [1.82, 2.24) is 15.0 Å². The topological polar surface area (TPSA) is 372 Å². The number of aliphatic hydroxyl groups excluding tert-OH is 4. The highest BCUT2D eigenvalue weighted by Crippen LogP contribution is 2.61. The van der Waals surface area contributed by atoms with Crippen molar-refractivity contribution in [1.29, 1.82) is 0 Å². The monoisotopic (exact) mass is 1990 g/mol. The van der Waals surface area contributed by atoms with Gasteiger partial charge in [0.25, 0.3) is 11.4 Å². The van der Waals surface area contributed by atoms with Crippen LogP contribution in [0.5, 0.6) is 0 Å². The summed E-state index contributed by atoms with van der Waals surface area (Å²) < 4.78 is 0. The molecule has 2 spiro atoms. The second kappa shape index (κ2) is 36.8. The Kier molecular flexibility index (Phi) is 24.9. The first kappa shape index (κ1) is 101. The number of Topliss-reactive ketones (excluding diaryl/α,β-unsaturated/α-hetero) is 4. The molecule has 8 N–H and O–H groups in total. The number of aliphatic hydroxyl groups is 4. The summed E-state index contributed by atoms with van der Waals surface area (Å²) in [6.07, 6.45) is 25.0. The third-order valence-corrected chi connectivity index (χ3v) is 34.2. The van der Waals surface area contributed by atoms with Crippen LogP contribution in [0.1, 0.15) is 279 Å². The van der Waals surface area contributed by atoms with E-state index < -0.39 is 31.5 Å². The van der Waals surface area contributed by atoms with E-state index in [0.717, 1.165) is 180 Å². The van der Waals surface area contributed by atoms with Crippen LogP contribution in [0.3, 0.4) is 0 Å². The predicted molar refractivity (Wildman–Crippen MR) is 590 cm³/mol. The van der Waals surface area contributed by atoms with E-state index in [0.29, 0.717) is 93.7 Å². The molecule has 14 aliphatic rings. The lowest BCUT2D eigenvalue weighted by molar-refractivity contribution is -0.385. The summed E-state index contributed by atoms with van der Waals surface area (Å²) in [6, 6.07) is 44.4. The Hall–Kier alpha value is -15.5. The molecule has 23 rings (SSSR count). The minimum atomic E-state index is -0.715. The van der Waals surface area contributed by atoms with Gasteiger partial charge in [-0.05, 0) is 210 Å². The number of carbonyl (C=O) groups excluding carboxylic acids is 4. The number of anilines is 4. The number of non-ortho nitro benzene ring substituents is 2. The van der Waals surface area contributed by atoms with Crippen LogP contribution >= 0.6 is 0 Å². The molecule has 6 aliphatic carbocycles. The third kappa shape index (κ3) is 15.3. The van der Waals surface area contributed by atoms with Gasteiger partial charge in [-0.2, -0.15) is 0 Å². The average molecular weight is 1990 g/mol. The van der Waals surface area contributed by atoms with Gasteiger partial charge < -0.3 is 41.7 Å². The fraction of sp³-hybridized carbons (Fsp3) is 0.347. The number of carbonyl (C=O) groups is 4. The first-order chi connectivity index (χ1) is 71.0. The number of nitrogens with zero attached hydrogens (tertiary/aromatic N) is 9. The standard InChI is InChI=1S/C34H36N2O2.C32H31N3O2.C30H30N4O6.C28H30N4O2/c1-21(31-33(17-9-3-10-18-33)23-13-5-7-15-25(23)35-31)27-29(37)28(30(27)38)22(2)32-34(19-11-4-12-20-34)24-14-6-8-16-26(24)36-32;1-7-19(30-31(3,4)21-16-33-15-14-22(21)34-30)25-27(36)24(28(25)37)17(2)29-32(5,6)26-20-11-9-8-10-18(20)12-13-23(26)35-29;1-7-17(27-29(3,4)19-13-15(33(37)38)9-11-21(19)31-27)23-25(35)24(26(23)36)18(8-2)28-30(5,6)20-14-16(34(39)40)10-12-22(20)32-28;1-7-15(25-27(3,4)17-13-29-11-9-19(17)31-25)21-23(33)22(24(21)34)16(8-2)26-28(5,6)18-14-30-12-10-20(18)32-26/h5-8,13-16,35,37H,3-4,9-12,17-20H2,1-2H3;8-16,34,36H,7H2,1-6H3;9-14,31,35H,7-8H2,1-6H3;9-14,31,33H,7-8H2,1-6H3/b28-22?,31-21+;24-17?,30-19+;;22-16?,25-15+. The lowest BCUT2D eigenvalue weighted by Gasteiger charge is -2.38. The van der Waals surface area contributed by atoms with Gasteiger partial charge >= 0.3 is 0 Å². The van der Waals surface area contributed by atoms with Crippen LogP contribution in [0.25, 0.3) is 10.8 Å². The summed E-state index contributed by atoms with van der Waals surface area (Å²) in [7, 11) is 0. The van der Waals surface area contributed by atoms with Crippen LogP contribution in [0.15, 0.2) is 332 Å². The molecule has 0 atom stereocenters. The number of para-hydroxylation sites is 2. The van der Waals surface area contributed by atoms with E-state index in [1.807, 2.05) is 144 Å². The summed E-state index contributed by atoms with van der Waals surface area (Å²) in [5.74, 6) is -0.388. The number of rotatable bonds is 15. The minimum Gasteiger partial charge on any atom is -0.506 e. The van der Waals surface area contributed by atoms with E-state index in [1.54, 1.807) is 36.8 Å². The first-order valence-corrected chi connectivity index (χ1v) is 52.3. The Morgan fingerprint density at radius 2 is 0.705 bits per heavy atom. The normalized spacial score (nSPS) is 22.6. The fourth-order valence-corrected chi connectivity index (χ4v) is 26.5. The quantitative estimate of drug-likeness (QED) is 0.0268. The summed E-state index contributed by atoms with van der Waals surface area (Å²) in [5, 5.41) is 84.6. The van der Waals surface area contributed by atoms with Crippen molar-refractivity contribution in [2.24, 2.45) is 20.0 Å². The lowest BCUT2D eigenvalue weighted by Crippen LogP contribution is -2.38. The number of benzene rings is 6. The molecule has 2 saturated carbocycles. The van der Waals surface area contributed by atoms with Crippen molar-refractivity contribution in [3.05, 3.63) is 376 Å². The molecule has 25 heteroatoms. The molecule has 6 aromatic carbocycles. The van der Waals surface area contributed by atoms with Crippen molar-refractivity contribution in [2.75, 3.05) is 21.3 Å². The fourth-order valence-electron chi connectivity index (χ4n) is 26.5. The van der Waals surface area contributed by atoms with Crippen LogP contribution in [-0.4, -0.2) is 91.2 Å². The number of pyridine rings is 3. The van der Waals surface area contributed by atoms with E-state index in [-0.39, 0.29) is 90.4 Å². The first-order valence-electron chi connectivity index (χ1n) is 52.3. The highest BCUT2D eigenvalue weighted by atomic mass is 16.6.